The van der Waals surface area contributed by atoms with Crippen LogP contribution in [-0.4, -0.2) is 26.0 Å². The Kier molecular flexibility index (Phi) is 9.70. The van der Waals surface area contributed by atoms with E-state index in [0.717, 1.165) is 17.2 Å². The number of H-pyrrole nitrogens is 1. The molecule has 1 aliphatic heterocycles. The number of aromatic nitrogens is 4. The second-order valence-electron chi connectivity index (χ2n) is 7.92. The Morgan fingerprint density at radius 1 is 0.967 bits per heavy atom. The number of hydrogen-bond acceptors (Lipinski definition) is 3. The molecule has 0 spiro atoms. The molecular weight excluding hydrogens is 370 g/mol. The van der Waals surface area contributed by atoms with Crippen LogP contribution < -0.4 is 0 Å². The van der Waals surface area contributed by atoms with E-state index in [-0.39, 0.29) is 10.8 Å². The van der Waals surface area contributed by atoms with Crippen LogP contribution in [0.1, 0.15) is 73.7 Å². The summed E-state index contributed by atoms with van der Waals surface area (Å²) in [6.07, 6.45) is 18.2. The summed E-state index contributed by atoms with van der Waals surface area (Å²) in [5.41, 5.74) is 2.30. The summed E-state index contributed by atoms with van der Waals surface area (Å²) in [6.45, 7) is 18.9. The van der Waals surface area contributed by atoms with Crippen LogP contribution in [0.5, 0.6) is 0 Å². The van der Waals surface area contributed by atoms with Crippen molar-refractivity contribution in [3.8, 4) is 0 Å². The predicted octanol–water partition coefficient (Wildman–Crippen LogP) is 7.26. The molecule has 0 saturated carbocycles. The maximum Gasteiger partial charge on any atom is 0.154 e. The van der Waals surface area contributed by atoms with Gasteiger partial charge in [0.25, 0.3) is 0 Å². The maximum absolute atomic E-state index is 4.31. The van der Waals surface area contributed by atoms with E-state index >= 15 is 0 Å². The van der Waals surface area contributed by atoms with E-state index in [1.807, 2.05) is 46.2 Å². The summed E-state index contributed by atoms with van der Waals surface area (Å²) in [5, 5.41) is 4.10. The van der Waals surface area contributed by atoms with Gasteiger partial charge in [-0.05, 0) is 18.1 Å². The summed E-state index contributed by atoms with van der Waals surface area (Å²) in [7, 11) is 0. The van der Waals surface area contributed by atoms with Gasteiger partial charge in [-0.1, -0.05) is 80.5 Å². The van der Waals surface area contributed by atoms with Crippen molar-refractivity contribution in [3.05, 3.63) is 48.2 Å². The molecule has 0 amide bonds. The van der Waals surface area contributed by atoms with E-state index in [2.05, 4.69) is 85.1 Å². The minimum Gasteiger partial charge on any atom is -0.345 e. The Labute approximate surface area is 182 Å². The summed E-state index contributed by atoms with van der Waals surface area (Å²) >= 11 is 0. The molecule has 5 nitrogen and oxygen atoms in total. The van der Waals surface area contributed by atoms with Gasteiger partial charge in [-0.25, -0.2) is 14.7 Å². The third kappa shape index (κ3) is 6.68. The van der Waals surface area contributed by atoms with Crippen molar-refractivity contribution in [1.29, 1.82) is 0 Å². The summed E-state index contributed by atoms with van der Waals surface area (Å²) < 4.78 is 1.77. The molecule has 5 heteroatoms. The van der Waals surface area contributed by atoms with Gasteiger partial charge in [-0.3, -0.25) is 0 Å². The van der Waals surface area contributed by atoms with Crippen LogP contribution in [0.15, 0.2) is 41.8 Å². The molecule has 1 unspecified atom stereocenters. The van der Waals surface area contributed by atoms with Gasteiger partial charge in [0, 0.05) is 29.3 Å². The molecule has 0 bridgehead atoms. The molecule has 0 aromatic carbocycles. The van der Waals surface area contributed by atoms with Crippen LogP contribution in [0.4, 0.5) is 5.82 Å². The second kappa shape index (κ2) is 11.5. The van der Waals surface area contributed by atoms with Crippen molar-refractivity contribution in [2.75, 3.05) is 0 Å². The number of fused-ring (bicyclic) bond motifs is 2. The summed E-state index contributed by atoms with van der Waals surface area (Å²) in [5.74, 6) is 1.48. The average molecular weight is 410 g/mol. The van der Waals surface area contributed by atoms with E-state index in [1.165, 1.54) is 0 Å². The van der Waals surface area contributed by atoms with Crippen LogP contribution in [0, 0.1) is 16.7 Å². The lowest BCUT2D eigenvalue weighted by Crippen LogP contribution is -2.16. The van der Waals surface area contributed by atoms with Crippen molar-refractivity contribution in [2.24, 2.45) is 21.7 Å². The van der Waals surface area contributed by atoms with Gasteiger partial charge in [0.05, 0.1) is 23.9 Å². The van der Waals surface area contributed by atoms with Crippen LogP contribution >= 0.6 is 0 Å². The fourth-order valence-corrected chi connectivity index (χ4v) is 2.61. The Bertz CT molecular complexity index is 816. The van der Waals surface area contributed by atoms with Gasteiger partial charge in [0.15, 0.2) is 5.82 Å². The molecule has 164 valence electrons. The molecule has 2 aromatic heterocycles. The largest absolute Gasteiger partial charge is 0.345 e. The average Bonchev–Trinajstić information content (AvgIpc) is 3.33. The first-order valence-electron chi connectivity index (χ1n) is 11.0. The van der Waals surface area contributed by atoms with Crippen LogP contribution in [-0.2, 0) is 0 Å². The zero-order chi connectivity index (χ0) is 22.8. The van der Waals surface area contributed by atoms with Crippen LogP contribution in [0.25, 0.3) is 18.4 Å². The smallest absolute Gasteiger partial charge is 0.154 e. The van der Waals surface area contributed by atoms with Crippen molar-refractivity contribution in [1.82, 2.24) is 19.7 Å². The minimum atomic E-state index is 0.0285. The normalized spacial score (nSPS) is 16.5. The van der Waals surface area contributed by atoms with E-state index in [4.69, 9.17) is 0 Å². The van der Waals surface area contributed by atoms with Crippen LogP contribution in [0.3, 0.4) is 0 Å². The number of nitrogens with one attached hydrogen (secondary N) is 1. The fourth-order valence-electron chi connectivity index (χ4n) is 2.61. The topological polar surface area (TPSA) is 58.9 Å². The molecule has 4 rings (SSSR count). The van der Waals surface area contributed by atoms with Gasteiger partial charge >= 0.3 is 0 Å². The van der Waals surface area contributed by atoms with Gasteiger partial charge in [0.2, 0.25) is 0 Å². The molecule has 1 N–H and O–H groups in total. The van der Waals surface area contributed by atoms with Gasteiger partial charge in [-0.15, -0.1) is 0 Å². The molecule has 2 aromatic rings. The number of aliphatic imine (C=N–C) groups is 1. The zero-order valence-corrected chi connectivity index (χ0v) is 20.1. The van der Waals surface area contributed by atoms with Crippen molar-refractivity contribution < 1.29 is 0 Å². The number of aromatic amines is 1. The van der Waals surface area contributed by atoms with Gasteiger partial charge < -0.3 is 4.98 Å². The van der Waals surface area contributed by atoms with E-state index in [1.54, 1.807) is 17.2 Å². The quantitative estimate of drug-likeness (QED) is 0.539. The SMILES string of the molecule is CC.CC.CC(C)C1(C)C=Cc2nc[nH]c2C=C1.CC1(C)C=Cn2nccc2N=C1. The van der Waals surface area contributed by atoms with Crippen LogP contribution in [0.2, 0.25) is 0 Å². The van der Waals surface area contributed by atoms with E-state index in [0.29, 0.717) is 5.92 Å². The molecule has 0 saturated heterocycles. The monoisotopic (exact) mass is 409 g/mol. The summed E-state index contributed by atoms with van der Waals surface area (Å²) in [4.78, 5) is 11.7. The first kappa shape index (κ1) is 25.3. The second-order valence-corrected chi connectivity index (χ2v) is 7.92. The lowest BCUT2D eigenvalue weighted by atomic mass is 9.79. The highest BCUT2D eigenvalue weighted by Crippen LogP contribution is 2.34. The molecular formula is C25H39N5. The highest BCUT2D eigenvalue weighted by molar-refractivity contribution is 5.73. The maximum atomic E-state index is 4.31. The standard InChI is InChI=1S/C12H16N2.C9H11N3.2C2H6/c1-9(2)12(3)6-4-10-11(5-7-12)14-8-13-10;1-9(2)4-6-12-8(10-7-9)3-5-11-12;2*1-2/h4-9H,1-3H3,(H,13,14);3-7H,1-2H3;2*1-2H3. The third-order valence-electron chi connectivity index (χ3n) is 4.98. The molecule has 0 radical (unpaired) electrons. The Balaban J connectivity index is 0.000000260. The number of hydrogen-bond donors (Lipinski definition) is 1. The first-order chi connectivity index (χ1) is 14.3. The van der Waals surface area contributed by atoms with E-state index < -0.39 is 0 Å². The lowest BCUT2D eigenvalue weighted by Gasteiger charge is -2.25. The van der Waals surface area contributed by atoms with Crippen molar-refractivity contribution >= 4 is 30.4 Å². The molecule has 30 heavy (non-hydrogen) atoms. The first-order valence-corrected chi connectivity index (χ1v) is 11.0. The van der Waals surface area contributed by atoms with Crippen molar-refractivity contribution in [3.63, 3.8) is 0 Å². The Morgan fingerprint density at radius 3 is 2.30 bits per heavy atom. The highest BCUT2D eigenvalue weighted by Gasteiger charge is 2.23. The Morgan fingerprint density at radius 2 is 1.63 bits per heavy atom. The fraction of sp³-hybridized carbons (Fsp3) is 0.480. The lowest BCUT2D eigenvalue weighted by molar-refractivity contribution is 0.387. The predicted molar refractivity (Wildman–Crippen MR) is 132 cm³/mol. The van der Waals surface area contributed by atoms with E-state index in [9.17, 15) is 0 Å². The number of nitrogens with zero attached hydrogens (tertiary/aromatic N) is 4. The third-order valence-corrected chi connectivity index (χ3v) is 4.98. The number of allylic oxidation sites excluding steroid dienone is 3. The molecule has 1 aliphatic carbocycles. The number of imidazole rings is 1. The molecule has 3 heterocycles. The Hall–Kier alpha value is -2.69. The highest BCUT2D eigenvalue weighted by atomic mass is 15.3. The molecule has 2 aliphatic rings. The van der Waals surface area contributed by atoms with Gasteiger partial charge in [0.1, 0.15) is 0 Å². The minimum absolute atomic E-state index is 0.0285. The molecule has 1 atom stereocenters. The zero-order valence-electron chi connectivity index (χ0n) is 20.1. The number of rotatable bonds is 1. The van der Waals surface area contributed by atoms with Gasteiger partial charge in [-0.2, -0.15) is 5.10 Å². The molecule has 0 fully saturated rings. The van der Waals surface area contributed by atoms with Crippen molar-refractivity contribution in [2.45, 2.75) is 62.3 Å². The summed E-state index contributed by atoms with van der Waals surface area (Å²) in [6, 6.07) is 1.89.